The fraction of sp³-hybridized carbons (Fsp3) is 0.438. The van der Waals surface area contributed by atoms with Crippen LogP contribution < -0.4 is 10.6 Å². The van der Waals surface area contributed by atoms with Gasteiger partial charge in [-0.2, -0.15) is 0 Å². The van der Waals surface area contributed by atoms with Gasteiger partial charge in [-0.1, -0.05) is 36.4 Å². The maximum atomic E-state index is 11.2. The molecule has 0 amide bonds. The predicted molar refractivity (Wildman–Crippen MR) is 154 cm³/mol. The normalized spacial score (nSPS) is 15.2. The van der Waals surface area contributed by atoms with Crippen molar-refractivity contribution in [1.82, 2.24) is 20.4 Å². The first-order valence-electron chi connectivity index (χ1n) is 13.8. The Kier molecular flexibility index (Phi) is 7.78. The highest BCUT2D eigenvalue weighted by Crippen LogP contribution is 2.56. The van der Waals surface area contributed by atoms with Gasteiger partial charge < -0.3 is 30.6 Å². The Morgan fingerprint density at radius 2 is 1.26 bits per heavy atom. The van der Waals surface area contributed by atoms with Crippen molar-refractivity contribution in [3.8, 4) is 11.5 Å². The third-order valence-electron chi connectivity index (χ3n) is 8.68. The molecule has 202 valence electrons. The summed E-state index contributed by atoms with van der Waals surface area (Å²) < 4.78 is 0. The molecule has 6 heteroatoms. The Labute approximate surface area is 227 Å². The van der Waals surface area contributed by atoms with Gasteiger partial charge in [0.2, 0.25) is 0 Å². The van der Waals surface area contributed by atoms with Crippen LogP contribution >= 0.6 is 0 Å². The fourth-order valence-electron chi connectivity index (χ4n) is 6.71. The number of phenolic OH excluding ortho intramolecular Hbond substituents is 2. The molecule has 0 unspecified atom stereocenters. The molecule has 4 N–H and O–H groups in total. The van der Waals surface area contributed by atoms with Crippen molar-refractivity contribution < 1.29 is 10.2 Å². The topological polar surface area (TPSA) is 71.0 Å². The second kappa shape index (κ2) is 11.1. The summed E-state index contributed by atoms with van der Waals surface area (Å²) in [5, 5.41) is 28.8. The van der Waals surface area contributed by atoms with Crippen molar-refractivity contribution >= 4 is 0 Å². The Morgan fingerprint density at radius 3 is 1.79 bits per heavy atom. The van der Waals surface area contributed by atoms with E-state index >= 15 is 0 Å². The summed E-state index contributed by atoms with van der Waals surface area (Å²) in [6.07, 6.45) is 2.72. The second-order valence-corrected chi connectivity index (χ2v) is 11.1. The van der Waals surface area contributed by atoms with Gasteiger partial charge in [0.15, 0.2) is 0 Å². The van der Waals surface area contributed by atoms with Crippen LogP contribution in [0.25, 0.3) is 0 Å². The Balaban J connectivity index is 1.71. The molecule has 3 aromatic rings. The van der Waals surface area contributed by atoms with Crippen molar-refractivity contribution in [2.75, 3.05) is 54.4 Å². The summed E-state index contributed by atoms with van der Waals surface area (Å²) in [6.45, 7) is 4.94. The molecule has 0 heterocycles. The summed E-state index contributed by atoms with van der Waals surface area (Å²) in [6, 6.07) is 17.0. The average Bonchev–Trinajstić information content (AvgIpc) is 3.29. The van der Waals surface area contributed by atoms with Crippen LogP contribution in [0.3, 0.4) is 0 Å². The van der Waals surface area contributed by atoms with E-state index in [-0.39, 0.29) is 5.41 Å². The van der Waals surface area contributed by atoms with Gasteiger partial charge in [-0.15, -0.1) is 0 Å². The number of nitrogens with one attached hydrogen (secondary N) is 2. The third-order valence-corrected chi connectivity index (χ3v) is 8.68. The molecule has 0 atom stereocenters. The molecule has 0 fully saturated rings. The summed E-state index contributed by atoms with van der Waals surface area (Å²) >= 11 is 0. The summed E-state index contributed by atoms with van der Waals surface area (Å²) in [7, 11) is 8.16. The van der Waals surface area contributed by atoms with Crippen molar-refractivity contribution in [3.63, 3.8) is 0 Å². The van der Waals surface area contributed by atoms with Crippen molar-refractivity contribution in [2.24, 2.45) is 0 Å². The standard InChI is InChI=1S/C32H42N4O2/c1-33-15-17-35(3)20-25-23-19-24-26(21-36(4)18-16-34-2)31(38)12-10-29(24)32(28(23)9-11-30(25)37)14-13-22-7-5-6-8-27(22)32/h5-12,33-34,37-38H,13-21H2,1-4H3. The van der Waals surface area contributed by atoms with Crippen LogP contribution in [0.5, 0.6) is 11.5 Å². The summed E-state index contributed by atoms with van der Waals surface area (Å²) in [5.74, 6) is 0.718. The molecule has 0 aromatic heterocycles. The first kappa shape index (κ1) is 26.7. The molecule has 6 nitrogen and oxygen atoms in total. The van der Waals surface area contributed by atoms with E-state index in [4.69, 9.17) is 0 Å². The minimum atomic E-state index is -0.280. The van der Waals surface area contributed by atoms with Gasteiger partial charge in [0.1, 0.15) is 11.5 Å². The van der Waals surface area contributed by atoms with Crippen LogP contribution in [0.15, 0.2) is 48.5 Å². The van der Waals surface area contributed by atoms with Crippen LogP contribution in [0, 0.1) is 0 Å². The zero-order chi connectivity index (χ0) is 26.9. The minimum absolute atomic E-state index is 0.280. The van der Waals surface area contributed by atoms with E-state index in [9.17, 15) is 10.2 Å². The number of nitrogens with zero attached hydrogens (tertiary/aromatic N) is 2. The number of aromatic hydroxyl groups is 2. The van der Waals surface area contributed by atoms with Crippen molar-refractivity contribution in [3.05, 3.63) is 93.0 Å². The zero-order valence-corrected chi connectivity index (χ0v) is 23.3. The molecule has 38 heavy (non-hydrogen) atoms. The van der Waals surface area contributed by atoms with E-state index in [1.165, 1.54) is 33.4 Å². The van der Waals surface area contributed by atoms with Crippen LogP contribution in [0.2, 0.25) is 0 Å². The fourth-order valence-corrected chi connectivity index (χ4v) is 6.71. The van der Waals surface area contributed by atoms with Crippen LogP contribution in [-0.4, -0.2) is 74.4 Å². The highest BCUT2D eigenvalue weighted by molar-refractivity contribution is 5.68. The van der Waals surface area contributed by atoms with E-state index in [2.05, 4.69) is 70.9 Å². The molecule has 3 aromatic carbocycles. The van der Waals surface area contributed by atoms with E-state index in [0.29, 0.717) is 31.0 Å². The lowest BCUT2D eigenvalue weighted by Gasteiger charge is -2.41. The Bertz CT molecular complexity index is 1230. The SMILES string of the molecule is CNCCN(C)Cc1c(O)ccc2c1Cc1c(ccc(O)c1CN(C)CCNC)C21CCc2ccccc21. The molecule has 2 aliphatic rings. The van der Waals surface area contributed by atoms with E-state index in [1.807, 2.05) is 26.2 Å². The number of benzene rings is 3. The molecular formula is C32H42N4O2. The lowest BCUT2D eigenvalue weighted by Crippen LogP contribution is -2.35. The number of hydrogen-bond donors (Lipinski definition) is 4. The number of fused-ring (bicyclic) bond motifs is 6. The van der Waals surface area contributed by atoms with Crippen molar-refractivity contribution in [1.29, 1.82) is 0 Å². The van der Waals surface area contributed by atoms with E-state index < -0.39 is 0 Å². The van der Waals surface area contributed by atoms with Gasteiger partial charge in [-0.25, -0.2) is 0 Å². The number of aryl methyl sites for hydroxylation is 1. The van der Waals surface area contributed by atoms with Crippen LogP contribution in [0.1, 0.15) is 50.9 Å². The van der Waals surface area contributed by atoms with Gasteiger partial charge in [0.25, 0.3) is 0 Å². The molecule has 5 rings (SSSR count). The van der Waals surface area contributed by atoms with Gasteiger partial charge in [-0.3, -0.25) is 0 Å². The predicted octanol–water partition coefficient (Wildman–Crippen LogP) is 3.59. The van der Waals surface area contributed by atoms with E-state index in [1.54, 1.807) is 0 Å². The Morgan fingerprint density at radius 1 is 0.737 bits per heavy atom. The maximum Gasteiger partial charge on any atom is 0.120 e. The lowest BCUT2D eigenvalue weighted by atomic mass is 9.62. The van der Waals surface area contributed by atoms with Gasteiger partial charge in [-0.05, 0) is 93.0 Å². The van der Waals surface area contributed by atoms with Crippen LogP contribution in [-0.2, 0) is 31.3 Å². The summed E-state index contributed by atoms with van der Waals surface area (Å²) in [5.41, 5.74) is 9.55. The molecule has 1 spiro atoms. The molecule has 2 aliphatic carbocycles. The minimum Gasteiger partial charge on any atom is -0.508 e. The van der Waals surface area contributed by atoms with Crippen LogP contribution in [0.4, 0.5) is 0 Å². The van der Waals surface area contributed by atoms with Gasteiger partial charge in [0, 0.05) is 55.8 Å². The highest BCUT2D eigenvalue weighted by Gasteiger charge is 2.47. The number of rotatable bonds is 10. The van der Waals surface area contributed by atoms with Gasteiger partial charge >= 0.3 is 0 Å². The molecule has 0 saturated heterocycles. The smallest absolute Gasteiger partial charge is 0.120 e. The monoisotopic (exact) mass is 514 g/mol. The zero-order valence-electron chi connectivity index (χ0n) is 23.3. The highest BCUT2D eigenvalue weighted by atomic mass is 16.3. The second-order valence-electron chi connectivity index (χ2n) is 11.1. The molecule has 0 radical (unpaired) electrons. The van der Waals surface area contributed by atoms with Crippen molar-refractivity contribution in [2.45, 2.75) is 37.8 Å². The van der Waals surface area contributed by atoms with E-state index in [0.717, 1.165) is 50.1 Å². The molecular weight excluding hydrogens is 472 g/mol. The quantitative estimate of drug-likeness (QED) is 0.332. The molecule has 0 aliphatic heterocycles. The first-order chi connectivity index (χ1) is 18.4. The number of phenols is 2. The van der Waals surface area contributed by atoms with Gasteiger partial charge in [0.05, 0.1) is 0 Å². The largest absolute Gasteiger partial charge is 0.508 e. The first-order valence-corrected chi connectivity index (χ1v) is 13.8. The summed E-state index contributed by atoms with van der Waals surface area (Å²) in [4.78, 5) is 4.54. The molecule has 0 saturated carbocycles. The number of likely N-dealkylation sites (N-methyl/N-ethyl adjacent to an activating group) is 4. The Hall–Kier alpha value is -2.90. The molecule has 0 bridgehead atoms. The third kappa shape index (κ3) is 4.60. The average molecular weight is 515 g/mol. The lowest BCUT2D eigenvalue weighted by molar-refractivity contribution is 0.317. The number of hydrogen-bond acceptors (Lipinski definition) is 6. The maximum absolute atomic E-state index is 11.2.